The maximum Gasteiger partial charge on any atom is 0.123 e. The molecule has 1 aromatic carbocycles. The monoisotopic (exact) mass is 281 g/mol. The third-order valence-electron chi connectivity index (χ3n) is 3.54. The first-order chi connectivity index (χ1) is 7.83. The summed E-state index contributed by atoms with van der Waals surface area (Å²) in [4.78, 5) is 0. The minimum Gasteiger partial charge on any atom is -0.492 e. The summed E-state index contributed by atoms with van der Waals surface area (Å²) in [5.74, 6) is 1.04. The number of ether oxygens (including phenoxy) is 1. The van der Waals surface area contributed by atoms with Crippen LogP contribution in [0.25, 0.3) is 0 Å². The van der Waals surface area contributed by atoms with Gasteiger partial charge >= 0.3 is 0 Å². The third-order valence-corrected chi connectivity index (χ3v) is 4.29. The molecule has 3 rings (SSSR count). The van der Waals surface area contributed by atoms with Crippen LogP contribution < -0.4 is 10.1 Å². The van der Waals surface area contributed by atoms with Gasteiger partial charge in [-0.3, -0.25) is 0 Å². The second kappa shape index (κ2) is 4.38. The Morgan fingerprint density at radius 1 is 1.25 bits per heavy atom. The lowest BCUT2D eigenvalue weighted by atomic mass is 9.91. The van der Waals surface area contributed by atoms with Crippen molar-refractivity contribution in [3.63, 3.8) is 0 Å². The van der Waals surface area contributed by atoms with Crippen molar-refractivity contribution in [2.75, 3.05) is 6.61 Å². The average Bonchev–Trinajstić information content (AvgIpc) is 2.24. The maximum atomic E-state index is 5.79. The van der Waals surface area contributed by atoms with Gasteiger partial charge in [-0.2, -0.15) is 0 Å². The fourth-order valence-corrected chi connectivity index (χ4v) is 2.89. The van der Waals surface area contributed by atoms with E-state index in [1.54, 1.807) is 0 Å². The van der Waals surface area contributed by atoms with E-state index >= 15 is 0 Å². The summed E-state index contributed by atoms with van der Waals surface area (Å²) >= 11 is 3.60. The molecule has 0 aromatic heterocycles. The molecular formula is C13H16BrNO. The minimum atomic E-state index is 0.483. The standard InChI is InChI=1S/C13H16BrNO/c14-12-5-2-6-13-11(12)7-10(8-16-13)15-9-3-1-4-9/h2,5-6,9-10,15H,1,3-4,7-8H2. The molecule has 2 nitrogen and oxygen atoms in total. The maximum absolute atomic E-state index is 5.79. The smallest absolute Gasteiger partial charge is 0.123 e. The van der Waals surface area contributed by atoms with Crippen LogP contribution in [0.4, 0.5) is 0 Å². The zero-order valence-corrected chi connectivity index (χ0v) is 10.8. The van der Waals surface area contributed by atoms with Gasteiger partial charge < -0.3 is 10.1 Å². The van der Waals surface area contributed by atoms with Crippen LogP contribution in [0.5, 0.6) is 5.75 Å². The van der Waals surface area contributed by atoms with Crippen LogP contribution in [0.15, 0.2) is 22.7 Å². The molecular weight excluding hydrogens is 266 g/mol. The van der Waals surface area contributed by atoms with Gasteiger partial charge in [-0.25, -0.2) is 0 Å². The predicted octanol–water partition coefficient (Wildman–Crippen LogP) is 2.89. The van der Waals surface area contributed by atoms with E-state index in [1.807, 2.05) is 6.07 Å². The Morgan fingerprint density at radius 2 is 2.12 bits per heavy atom. The molecule has 86 valence electrons. The summed E-state index contributed by atoms with van der Waals surface area (Å²) in [7, 11) is 0. The number of halogens is 1. The van der Waals surface area contributed by atoms with Gasteiger partial charge in [-0.1, -0.05) is 28.4 Å². The van der Waals surface area contributed by atoms with Crippen LogP contribution in [-0.2, 0) is 6.42 Å². The Bertz CT molecular complexity index is 390. The molecule has 0 radical (unpaired) electrons. The van der Waals surface area contributed by atoms with Gasteiger partial charge in [0.15, 0.2) is 0 Å². The molecule has 0 spiro atoms. The van der Waals surface area contributed by atoms with E-state index in [0.29, 0.717) is 6.04 Å². The summed E-state index contributed by atoms with van der Waals surface area (Å²) in [5, 5.41) is 3.68. The van der Waals surface area contributed by atoms with Crippen molar-refractivity contribution in [3.05, 3.63) is 28.2 Å². The molecule has 1 aromatic rings. The normalized spacial score (nSPS) is 24.4. The van der Waals surface area contributed by atoms with Gasteiger partial charge in [0, 0.05) is 22.1 Å². The van der Waals surface area contributed by atoms with Gasteiger partial charge in [0.2, 0.25) is 0 Å². The zero-order valence-electron chi connectivity index (χ0n) is 9.21. The molecule has 1 N–H and O–H groups in total. The van der Waals surface area contributed by atoms with Crippen molar-refractivity contribution < 1.29 is 4.74 Å². The molecule has 0 saturated heterocycles. The van der Waals surface area contributed by atoms with Gasteiger partial charge in [-0.15, -0.1) is 0 Å². The number of hydrogen-bond donors (Lipinski definition) is 1. The topological polar surface area (TPSA) is 21.3 Å². The third kappa shape index (κ3) is 1.98. The number of fused-ring (bicyclic) bond motifs is 1. The SMILES string of the molecule is Brc1cccc2c1CC(NC1CCC1)CO2. The fraction of sp³-hybridized carbons (Fsp3) is 0.538. The summed E-state index contributed by atoms with van der Waals surface area (Å²) < 4.78 is 6.97. The zero-order chi connectivity index (χ0) is 11.0. The Hall–Kier alpha value is -0.540. The van der Waals surface area contributed by atoms with Crippen LogP contribution in [0, 0.1) is 0 Å². The van der Waals surface area contributed by atoms with Crippen LogP contribution in [0.3, 0.4) is 0 Å². The molecule has 1 aliphatic heterocycles. The highest BCUT2D eigenvalue weighted by molar-refractivity contribution is 9.10. The van der Waals surface area contributed by atoms with E-state index in [9.17, 15) is 0 Å². The molecule has 1 atom stereocenters. The van der Waals surface area contributed by atoms with Crippen molar-refractivity contribution in [3.8, 4) is 5.75 Å². The summed E-state index contributed by atoms with van der Waals surface area (Å²) in [6, 6.07) is 7.39. The highest BCUT2D eigenvalue weighted by Crippen LogP contribution is 2.31. The van der Waals surface area contributed by atoms with Gasteiger partial charge in [0.1, 0.15) is 12.4 Å². The molecule has 16 heavy (non-hydrogen) atoms. The lowest BCUT2D eigenvalue weighted by Gasteiger charge is -2.34. The molecule has 1 heterocycles. The molecule has 0 amide bonds. The first kappa shape index (κ1) is 10.6. The molecule has 1 unspecified atom stereocenters. The van der Waals surface area contributed by atoms with Crippen molar-refractivity contribution in [1.29, 1.82) is 0 Å². The van der Waals surface area contributed by atoms with Crippen LogP contribution >= 0.6 is 15.9 Å². The number of nitrogens with one attached hydrogen (secondary N) is 1. The van der Waals surface area contributed by atoms with E-state index in [1.165, 1.54) is 29.3 Å². The van der Waals surface area contributed by atoms with Crippen LogP contribution in [0.2, 0.25) is 0 Å². The Balaban J connectivity index is 1.72. The lowest BCUT2D eigenvalue weighted by molar-refractivity contribution is 0.204. The Kier molecular flexibility index (Phi) is 2.90. The van der Waals surface area contributed by atoms with Gasteiger partial charge in [0.25, 0.3) is 0 Å². The minimum absolute atomic E-state index is 0.483. The van der Waals surface area contributed by atoms with E-state index in [2.05, 4.69) is 33.4 Å². The van der Waals surface area contributed by atoms with E-state index in [-0.39, 0.29) is 0 Å². The lowest BCUT2D eigenvalue weighted by Crippen LogP contribution is -2.47. The van der Waals surface area contributed by atoms with Gasteiger partial charge in [-0.05, 0) is 31.4 Å². The molecule has 1 fully saturated rings. The van der Waals surface area contributed by atoms with E-state index in [0.717, 1.165) is 24.8 Å². The second-order valence-electron chi connectivity index (χ2n) is 4.72. The largest absolute Gasteiger partial charge is 0.492 e. The first-order valence-electron chi connectivity index (χ1n) is 5.99. The van der Waals surface area contributed by atoms with E-state index in [4.69, 9.17) is 4.74 Å². The highest BCUT2D eigenvalue weighted by Gasteiger charge is 2.26. The number of rotatable bonds is 2. The molecule has 0 bridgehead atoms. The molecule has 2 aliphatic rings. The summed E-state index contributed by atoms with van der Waals surface area (Å²) in [6.07, 6.45) is 5.12. The number of hydrogen-bond acceptors (Lipinski definition) is 2. The average molecular weight is 282 g/mol. The predicted molar refractivity (Wildman–Crippen MR) is 67.9 cm³/mol. The molecule has 1 aliphatic carbocycles. The quantitative estimate of drug-likeness (QED) is 0.900. The highest BCUT2D eigenvalue weighted by atomic mass is 79.9. The first-order valence-corrected chi connectivity index (χ1v) is 6.78. The molecule has 3 heteroatoms. The van der Waals surface area contributed by atoms with Crippen molar-refractivity contribution in [2.24, 2.45) is 0 Å². The molecule has 1 saturated carbocycles. The van der Waals surface area contributed by atoms with Crippen LogP contribution in [-0.4, -0.2) is 18.7 Å². The van der Waals surface area contributed by atoms with Crippen molar-refractivity contribution >= 4 is 15.9 Å². The Morgan fingerprint density at radius 3 is 2.88 bits per heavy atom. The fourth-order valence-electron chi connectivity index (χ4n) is 2.38. The van der Waals surface area contributed by atoms with E-state index < -0.39 is 0 Å². The van der Waals surface area contributed by atoms with Gasteiger partial charge in [0.05, 0.1) is 0 Å². The van der Waals surface area contributed by atoms with Crippen molar-refractivity contribution in [2.45, 2.75) is 37.8 Å². The second-order valence-corrected chi connectivity index (χ2v) is 5.58. The summed E-state index contributed by atoms with van der Waals surface area (Å²) in [5.41, 5.74) is 1.31. The Labute approximate surface area is 105 Å². The number of benzene rings is 1. The van der Waals surface area contributed by atoms with Crippen molar-refractivity contribution in [1.82, 2.24) is 5.32 Å². The van der Waals surface area contributed by atoms with Crippen LogP contribution in [0.1, 0.15) is 24.8 Å². The summed E-state index contributed by atoms with van der Waals surface area (Å²) in [6.45, 7) is 0.806.